The summed E-state index contributed by atoms with van der Waals surface area (Å²) in [6.45, 7) is 8.82. The zero-order valence-corrected chi connectivity index (χ0v) is 13.9. The first-order chi connectivity index (χ1) is 9.72. The second-order valence-electron chi connectivity index (χ2n) is 5.88. The van der Waals surface area contributed by atoms with Crippen molar-refractivity contribution in [3.8, 4) is 0 Å². The van der Waals surface area contributed by atoms with Crippen molar-refractivity contribution in [3.63, 3.8) is 0 Å². The van der Waals surface area contributed by atoms with E-state index < -0.39 is 15.8 Å². The molecule has 0 spiro atoms. The van der Waals surface area contributed by atoms with Gasteiger partial charge in [0.25, 0.3) is 0 Å². The zero-order chi connectivity index (χ0) is 16.0. The lowest BCUT2D eigenvalue weighted by atomic mass is 10.1. The van der Waals surface area contributed by atoms with Crippen LogP contribution in [0.25, 0.3) is 0 Å². The second kappa shape index (κ2) is 7.87. The molecule has 0 atom stereocenters. The normalized spacial score (nSPS) is 12.3. The maximum absolute atomic E-state index is 14.0. The number of rotatable bonds is 8. The van der Waals surface area contributed by atoms with Crippen LogP contribution >= 0.6 is 0 Å². The van der Waals surface area contributed by atoms with E-state index in [0.29, 0.717) is 19.0 Å². The first kappa shape index (κ1) is 18.1. The quantitative estimate of drug-likeness (QED) is 0.775. The molecule has 0 saturated carbocycles. The summed E-state index contributed by atoms with van der Waals surface area (Å²) >= 11 is 0. The number of sulfonamides is 1. The third-order valence-corrected chi connectivity index (χ3v) is 4.51. The third-order valence-electron chi connectivity index (χ3n) is 3.01. The molecule has 4 nitrogen and oxygen atoms in total. The van der Waals surface area contributed by atoms with E-state index in [1.165, 1.54) is 12.1 Å². The van der Waals surface area contributed by atoms with Crippen LogP contribution in [0.15, 0.2) is 23.1 Å². The molecule has 0 aliphatic carbocycles. The average molecular weight is 316 g/mol. The molecule has 2 N–H and O–H groups in total. The molecule has 0 fully saturated rings. The Balaban J connectivity index is 2.78. The summed E-state index contributed by atoms with van der Waals surface area (Å²) in [6, 6.07) is 4.51. The van der Waals surface area contributed by atoms with Gasteiger partial charge in [-0.2, -0.15) is 0 Å². The van der Waals surface area contributed by atoms with Gasteiger partial charge in [-0.05, 0) is 30.0 Å². The molecule has 0 bridgehead atoms. The Labute approximate surface area is 127 Å². The summed E-state index contributed by atoms with van der Waals surface area (Å²) in [5.41, 5.74) is 0.724. The molecule has 0 aliphatic rings. The highest BCUT2D eigenvalue weighted by molar-refractivity contribution is 7.89. The molecule has 0 heterocycles. The van der Waals surface area contributed by atoms with Crippen molar-refractivity contribution in [2.45, 2.75) is 51.6 Å². The van der Waals surface area contributed by atoms with Gasteiger partial charge >= 0.3 is 0 Å². The van der Waals surface area contributed by atoms with E-state index in [0.717, 1.165) is 12.0 Å². The highest BCUT2D eigenvalue weighted by atomic mass is 32.2. The molecule has 0 saturated heterocycles. The minimum absolute atomic E-state index is 0.286. The molecule has 0 aliphatic heterocycles. The van der Waals surface area contributed by atoms with Crippen molar-refractivity contribution < 1.29 is 12.8 Å². The van der Waals surface area contributed by atoms with Gasteiger partial charge in [-0.3, -0.25) is 0 Å². The number of benzene rings is 1. The molecule has 1 rings (SSSR count). The van der Waals surface area contributed by atoms with E-state index in [4.69, 9.17) is 0 Å². The zero-order valence-electron chi connectivity index (χ0n) is 13.1. The Bertz CT molecular complexity index is 557. The maximum Gasteiger partial charge on any atom is 0.243 e. The number of halogens is 1. The fourth-order valence-electron chi connectivity index (χ4n) is 1.75. The summed E-state index contributed by atoms with van der Waals surface area (Å²) in [7, 11) is -3.78. The molecule has 0 unspecified atom stereocenters. The highest BCUT2D eigenvalue weighted by Gasteiger charge is 2.18. The molecule has 0 amide bonds. The molecular weight excluding hydrogens is 291 g/mol. The number of hydrogen-bond donors (Lipinski definition) is 2. The predicted molar refractivity (Wildman–Crippen MR) is 83.0 cm³/mol. The minimum atomic E-state index is -3.78. The van der Waals surface area contributed by atoms with Gasteiger partial charge in [-0.1, -0.05) is 33.8 Å². The largest absolute Gasteiger partial charge is 0.310 e. The molecule has 6 heteroatoms. The summed E-state index contributed by atoms with van der Waals surface area (Å²) in [4.78, 5) is -0.292. The van der Waals surface area contributed by atoms with Crippen molar-refractivity contribution >= 4 is 10.0 Å². The van der Waals surface area contributed by atoms with Crippen LogP contribution in [0.4, 0.5) is 4.39 Å². The van der Waals surface area contributed by atoms with Crippen LogP contribution < -0.4 is 10.0 Å². The topological polar surface area (TPSA) is 58.2 Å². The second-order valence-corrected chi connectivity index (χ2v) is 7.62. The first-order valence-electron chi connectivity index (χ1n) is 7.24. The molecule has 21 heavy (non-hydrogen) atoms. The number of hydrogen-bond acceptors (Lipinski definition) is 3. The van der Waals surface area contributed by atoms with Crippen LogP contribution in [-0.4, -0.2) is 21.0 Å². The Kier molecular flexibility index (Phi) is 6.77. The van der Waals surface area contributed by atoms with Gasteiger partial charge in [0.15, 0.2) is 0 Å². The van der Waals surface area contributed by atoms with E-state index >= 15 is 0 Å². The molecule has 0 aromatic heterocycles. The van der Waals surface area contributed by atoms with Gasteiger partial charge < -0.3 is 5.32 Å². The van der Waals surface area contributed by atoms with Crippen LogP contribution in [0.5, 0.6) is 0 Å². The van der Waals surface area contributed by atoms with E-state index in [-0.39, 0.29) is 10.9 Å². The summed E-state index contributed by atoms with van der Waals surface area (Å²) in [6.07, 6.45) is 0.719. The van der Waals surface area contributed by atoms with Crippen LogP contribution in [0.2, 0.25) is 0 Å². The lowest BCUT2D eigenvalue weighted by molar-refractivity contribution is 0.537. The lowest BCUT2D eigenvalue weighted by Gasteiger charge is -2.11. The Morgan fingerprint density at radius 3 is 2.38 bits per heavy atom. The third kappa shape index (κ3) is 6.11. The SMILES string of the molecule is CC(C)CCNS(=O)(=O)c1ccc(CNC(C)C)cc1F. The van der Waals surface area contributed by atoms with Crippen LogP contribution in [0.1, 0.15) is 39.7 Å². The maximum atomic E-state index is 14.0. The fraction of sp³-hybridized carbons (Fsp3) is 0.600. The molecule has 1 aromatic rings. The minimum Gasteiger partial charge on any atom is -0.310 e. The summed E-state index contributed by atoms with van der Waals surface area (Å²) in [5.74, 6) is -0.322. The Hall–Kier alpha value is -0.980. The molecule has 120 valence electrons. The lowest BCUT2D eigenvalue weighted by Crippen LogP contribution is -2.26. The van der Waals surface area contributed by atoms with Gasteiger partial charge in [0.1, 0.15) is 10.7 Å². The standard InChI is InChI=1S/C15H25FN2O2S/c1-11(2)7-8-18-21(19,20)15-6-5-13(9-14(15)16)10-17-12(3)4/h5-6,9,11-12,17-18H,7-8,10H2,1-4H3. The van der Waals surface area contributed by atoms with Gasteiger partial charge in [0, 0.05) is 19.1 Å². The van der Waals surface area contributed by atoms with Gasteiger partial charge in [-0.25, -0.2) is 17.5 Å². The van der Waals surface area contributed by atoms with E-state index in [1.807, 2.05) is 27.7 Å². The van der Waals surface area contributed by atoms with Crippen molar-refractivity contribution in [1.82, 2.24) is 10.0 Å². The first-order valence-corrected chi connectivity index (χ1v) is 8.72. The Morgan fingerprint density at radius 2 is 1.86 bits per heavy atom. The van der Waals surface area contributed by atoms with Crippen LogP contribution in [0, 0.1) is 11.7 Å². The number of nitrogens with one attached hydrogen (secondary N) is 2. The monoisotopic (exact) mass is 316 g/mol. The van der Waals surface area contributed by atoms with Crippen molar-refractivity contribution in [1.29, 1.82) is 0 Å². The predicted octanol–water partition coefficient (Wildman–Crippen LogP) is 2.65. The molecule has 0 radical (unpaired) electrons. The molecule has 1 aromatic carbocycles. The van der Waals surface area contributed by atoms with Gasteiger partial charge in [0.05, 0.1) is 0 Å². The highest BCUT2D eigenvalue weighted by Crippen LogP contribution is 2.16. The van der Waals surface area contributed by atoms with E-state index in [9.17, 15) is 12.8 Å². The van der Waals surface area contributed by atoms with E-state index in [2.05, 4.69) is 10.0 Å². The van der Waals surface area contributed by atoms with Crippen molar-refractivity contribution in [3.05, 3.63) is 29.6 Å². The summed E-state index contributed by atoms with van der Waals surface area (Å²) < 4.78 is 40.5. The van der Waals surface area contributed by atoms with Crippen LogP contribution in [-0.2, 0) is 16.6 Å². The van der Waals surface area contributed by atoms with Crippen LogP contribution in [0.3, 0.4) is 0 Å². The average Bonchev–Trinajstić information content (AvgIpc) is 2.35. The smallest absolute Gasteiger partial charge is 0.243 e. The fourth-order valence-corrected chi connectivity index (χ4v) is 2.86. The summed E-state index contributed by atoms with van der Waals surface area (Å²) in [5, 5.41) is 3.16. The molecular formula is C15H25FN2O2S. The van der Waals surface area contributed by atoms with Crippen molar-refractivity contribution in [2.24, 2.45) is 5.92 Å². The van der Waals surface area contributed by atoms with Crippen molar-refractivity contribution in [2.75, 3.05) is 6.54 Å². The van der Waals surface area contributed by atoms with Gasteiger partial charge in [0.2, 0.25) is 10.0 Å². The van der Waals surface area contributed by atoms with E-state index in [1.54, 1.807) is 6.07 Å². The van der Waals surface area contributed by atoms with Gasteiger partial charge in [-0.15, -0.1) is 0 Å². The Morgan fingerprint density at radius 1 is 1.19 bits per heavy atom.